The smallest absolute Gasteiger partial charge is 0.269 e. The van der Waals surface area contributed by atoms with Crippen molar-refractivity contribution in [3.63, 3.8) is 0 Å². The molecule has 1 aromatic heterocycles. The van der Waals surface area contributed by atoms with E-state index in [1.54, 1.807) is 23.0 Å². The minimum atomic E-state index is -0.448. The van der Waals surface area contributed by atoms with Crippen molar-refractivity contribution in [2.75, 3.05) is 5.75 Å². The maximum Gasteiger partial charge on any atom is 0.269 e. The Balaban J connectivity index is 1.47. The molecule has 7 nitrogen and oxygen atoms in total. The van der Waals surface area contributed by atoms with E-state index in [0.29, 0.717) is 6.54 Å². The van der Waals surface area contributed by atoms with Gasteiger partial charge in [0.05, 0.1) is 22.6 Å². The van der Waals surface area contributed by atoms with E-state index >= 15 is 0 Å². The lowest BCUT2D eigenvalue weighted by atomic mass is 10.3. The molecular formula is C18H16N4O3S. The van der Waals surface area contributed by atoms with Gasteiger partial charge in [-0.3, -0.25) is 14.9 Å². The quantitative estimate of drug-likeness (QED) is 0.393. The summed E-state index contributed by atoms with van der Waals surface area (Å²) >= 11 is 1.33. The van der Waals surface area contributed by atoms with Crippen LogP contribution in [0.2, 0.25) is 0 Å². The molecule has 3 rings (SSSR count). The van der Waals surface area contributed by atoms with Gasteiger partial charge in [0.1, 0.15) is 0 Å². The van der Waals surface area contributed by atoms with Crippen LogP contribution in [-0.4, -0.2) is 26.4 Å². The van der Waals surface area contributed by atoms with Gasteiger partial charge in [-0.15, -0.1) is 11.8 Å². The van der Waals surface area contributed by atoms with Crippen LogP contribution in [0.25, 0.3) is 5.69 Å². The summed E-state index contributed by atoms with van der Waals surface area (Å²) in [5, 5.41) is 17.7. The van der Waals surface area contributed by atoms with Crippen LogP contribution >= 0.6 is 11.8 Å². The van der Waals surface area contributed by atoms with Crippen molar-refractivity contribution in [1.82, 2.24) is 15.1 Å². The number of nitro groups is 1. The molecule has 0 aliphatic heterocycles. The van der Waals surface area contributed by atoms with Crippen molar-refractivity contribution in [2.45, 2.75) is 11.4 Å². The zero-order chi connectivity index (χ0) is 18.4. The number of hydrogen-bond acceptors (Lipinski definition) is 5. The van der Waals surface area contributed by atoms with Crippen LogP contribution in [0, 0.1) is 10.1 Å². The maximum absolute atomic E-state index is 12.0. The fraction of sp³-hybridized carbons (Fsp3) is 0.111. The Morgan fingerprint density at radius 1 is 1.15 bits per heavy atom. The minimum absolute atomic E-state index is 0.0363. The molecule has 0 fully saturated rings. The summed E-state index contributed by atoms with van der Waals surface area (Å²) in [7, 11) is 0. The molecule has 1 heterocycles. The second-order valence-electron chi connectivity index (χ2n) is 5.45. The molecular weight excluding hydrogens is 352 g/mol. The van der Waals surface area contributed by atoms with Crippen molar-refractivity contribution < 1.29 is 9.72 Å². The van der Waals surface area contributed by atoms with Crippen molar-refractivity contribution >= 4 is 23.4 Å². The van der Waals surface area contributed by atoms with E-state index in [1.165, 1.54) is 23.9 Å². The van der Waals surface area contributed by atoms with E-state index in [1.807, 2.05) is 36.5 Å². The Bertz CT molecular complexity index is 894. The van der Waals surface area contributed by atoms with Crippen LogP contribution in [-0.2, 0) is 11.3 Å². The topological polar surface area (TPSA) is 90.1 Å². The molecule has 0 atom stereocenters. The van der Waals surface area contributed by atoms with E-state index in [2.05, 4.69) is 10.4 Å². The predicted molar refractivity (Wildman–Crippen MR) is 99.2 cm³/mol. The summed E-state index contributed by atoms with van der Waals surface area (Å²) < 4.78 is 1.76. The number of non-ortho nitro benzene ring substituents is 1. The molecule has 0 saturated carbocycles. The number of carbonyl (C=O) groups excluding carboxylic acids is 1. The van der Waals surface area contributed by atoms with Crippen molar-refractivity contribution in [1.29, 1.82) is 0 Å². The summed E-state index contributed by atoms with van der Waals surface area (Å²) in [5.74, 6) is 0.130. The fourth-order valence-electron chi connectivity index (χ4n) is 2.24. The van der Waals surface area contributed by atoms with Gasteiger partial charge in [0.2, 0.25) is 5.91 Å². The number of benzene rings is 2. The number of nitrogens with one attached hydrogen (secondary N) is 1. The van der Waals surface area contributed by atoms with Gasteiger partial charge in [0, 0.05) is 35.3 Å². The van der Waals surface area contributed by atoms with Gasteiger partial charge in [-0.05, 0) is 24.3 Å². The van der Waals surface area contributed by atoms with Crippen LogP contribution in [0.3, 0.4) is 0 Å². The standard InChI is InChI=1S/C18H16N4O3S/c23-18(13-26-17-8-6-16(7-9-17)22(24)25)19-10-14-11-20-21(12-14)15-4-2-1-3-5-15/h1-9,11-12H,10,13H2,(H,19,23). The van der Waals surface area contributed by atoms with Gasteiger partial charge >= 0.3 is 0 Å². The Morgan fingerprint density at radius 3 is 2.58 bits per heavy atom. The van der Waals surface area contributed by atoms with Gasteiger partial charge in [0.15, 0.2) is 0 Å². The molecule has 3 aromatic rings. The molecule has 0 radical (unpaired) electrons. The highest BCUT2D eigenvalue weighted by atomic mass is 32.2. The van der Waals surface area contributed by atoms with Crippen LogP contribution in [0.4, 0.5) is 5.69 Å². The number of amides is 1. The highest BCUT2D eigenvalue weighted by molar-refractivity contribution is 8.00. The fourth-order valence-corrected chi connectivity index (χ4v) is 2.97. The van der Waals surface area contributed by atoms with E-state index in [-0.39, 0.29) is 17.3 Å². The average Bonchev–Trinajstić information content (AvgIpc) is 3.15. The first-order valence-electron chi connectivity index (χ1n) is 7.85. The average molecular weight is 368 g/mol. The molecule has 0 aliphatic rings. The largest absolute Gasteiger partial charge is 0.351 e. The first-order valence-corrected chi connectivity index (χ1v) is 8.83. The first kappa shape index (κ1) is 17.7. The van der Waals surface area contributed by atoms with Gasteiger partial charge < -0.3 is 5.32 Å². The minimum Gasteiger partial charge on any atom is -0.351 e. The van der Waals surface area contributed by atoms with E-state index < -0.39 is 4.92 Å². The van der Waals surface area contributed by atoms with E-state index in [9.17, 15) is 14.9 Å². The van der Waals surface area contributed by atoms with Crippen LogP contribution in [0.15, 0.2) is 71.9 Å². The number of nitro benzene ring substituents is 1. The lowest BCUT2D eigenvalue weighted by Crippen LogP contribution is -2.24. The number of para-hydroxylation sites is 1. The number of hydrogen-bond donors (Lipinski definition) is 1. The van der Waals surface area contributed by atoms with E-state index in [4.69, 9.17) is 0 Å². The Labute approximate surface area is 154 Å². The molecule has 1 amide bonds. The SMILES string of the molecule is O=C(CSc1ccc([N+](=O)[O-])cc1)NCc1cnn(-c2ccccc2)c1. The molecule has 0 saturated heterocycles. The molecule has 2 aromatic carbocycles. The Hall–Kier alpha value is -3.13. The van der Waals surface area contributed by atoms with Gasteiger partial charge in [-0.2, -0.15) is 5.10 Å². The van der Waals surface area contributed by atoms with Crippen LogP contribution < -0.4 is 5.32 Å². The van der Waals surface area contributed by atoms with Crippen LogP contribution in [0.1, 0.15) is 5.56 Å². The third-order valence-corrected chi connectivity index (χ3v) is 4.58. The summed E-state index contributed by atoms with van der Waals surface area (Å²) in [6, 6.07) is 15.9. The third-order valence-electron chi connectivity index (χ3n) is 3.56. The Morgan fingerprint density at radius 2 is 1.88 bits per heavy atom. The summed E-state index contributed by atoms with van der Waals surface area (Å²) in [6.07, 6.45) is 3.59. The molecule has 8 heteroatoms. The first-order chi connectivity index (χ1) is 12.6. The molecule has 0 spiro atoms. The number of carbonyl (C=O) groups is 1. The maximum atomic E-state index is 12.0. The highest BCUT2D eigenvalue weighted by Gasteiger charge is 2.07. The number of nitrogens with zero attached hydrogens (tertiary/aromatic N) is 3. The van der Waals surface area contributed by atoms with Gasteiger partial charge in [-0.1, -0.05) is 18.2 Å². The highest BCUT2D eigenvalue weighted by Crippen LogP contribution is 2.21. The molecule has 1 N–H and O–H groups in total. The number of rotatable bonds is 7. The second kappa shape index (κ2) is 8.30. The van der Waals surface area contributed by atoms with Gasteiger partial charge in [-0.25, -0.2) is 4.68 Å². The zero-order valence-corrected chi connectivity index (χ0v) is 14.6. The van der Waals surface area contributed by atoms with E-state index in [0.717, 1.165) is 16.1 Å². The second-order valence-corrected chi connectivity index (χ2v) is 6.49. The lowest BCUT2D eigenvalue weighted by Gasteiger charge is -2.04. The Kier molecular flexibility index (Phi) is 5.65. The normalized spacial score (nSPS) is 10.5. The molecule has 0 bridgehead atoms. The molecule has 0 aliphatic carbocycles. The summed E-state index contributed by atoms with van der Waals surface area (Å²) in [5.41, 5.74) is 1.90. The summed E-state index contributed by atoms with van der Waals surface area (Å²) in [6.45, 7) is 0.395. The lowest BCUT2D eigenvalue weighted by molar-refractivity contribution is -0.384. The zero-order valence-electron chi connectivity index (χ0n) is 13.7. The monoisotopic (exact) mass is 368 g/mol. The predicted octanol–water partition coefficient (Wildman–Crippen LogP) is 3.19. The molecule has 132 valence electrons. The summed E-state index contributed by atoms with van der Waals surface area (Å²) in [4.78, 5) is 23.0. The van der Waals surface area contributed by atoms with Crippen LogP contribution in [0.5, 0.6) is 0 Å². The van der Waals surface area contributed by atoms with Crippen molar-refractivity contribution in [3.8, 4) is 5.69 Å². The number of aromatic nitrogens is 2. The van der Waals surface area contributed by atoms with Gasteiger partial charge in [0.25, 0.3) is 5.69 Å². The molecule has 26 heavy (non-hydrogen) atoms. The third kappa shape index (κ3) is 4.70. The molecule has 0 unspecified atom stereocenters. The number of thioether (sulfide) groups is 1. The van der Waals surface area contributed by atoms with Crippen molar-refractivity contribution in [2.24, 2.45) is 0 Å². The van der Waals surface area contributed by atoms with Crippen molar-refractivity contribution in [3.05, 3.63) is 82.7 Å².